The first-order valence-electron chi connectivity index (χ1n) is 19.6. The van der Waals surface area contributed by atoms with Gasteiger partial charge in [-0.15, -0.1) is 0 Å². The highest BCUT2D eigenvalue weighted by atomic mass is 32.1. The number of ether oxygens (including phenoxy) is 1. The first kappa shape index (κ1) is 47.0. The Morgan fingerprint density at radius 1 is 0.926 bits per heavy atom. The maximum atomic E-state index is 14.3. The topological polar surface area (TPSA) is 149 Å². The number of carboxylic acid groups (broad SMARTS) is 1. The third-order valence-electron chi connectivity index (χ3n) is 11.3. The Morgan fingerprint density at radius 3 is 2.04 bits per heavy atom. The molecule has 1 fully saturated rings. The average molecular weight is 776 g/mol. The van der Waals surface area contributed by atoms with E-state index in [1.807, 2.05) is 83.8 Å². The Balaban J connectivity index is 2.24. The largest absolute Gasteiger partial charge is 0.480 e. The number of carboxylic acids is 1. The van der Waals surface area contributed by atoms with Crippen LogP contribution in [0.15, 0.2) is 30.3 Å². The molecule has 1 aromatic carbocycles. The van der Waals surface area contributed by atoms with Crippen molar-refractivity contribution in [2.75, 3.05) is 27.7 Å². The fraction of sp³-hybridized carbons (Fsp3) is 0.732. The second-order valence-electron chi connectivity index (χ2n) is 16.1. The summed E-state index contributed by atoms with van der Waals surface area (Å²) in [4.78, 5) is 73.0. The predicted molar refractivity (Wildman–Crippen MR) is 216 cm³/mol. The lowest BCUT2D eigenvalue weighted by atomic mass is 9.84. The molecule has 0 radical (unpaired) electrons. The number of rotatable bonds is 21. The van der Waals surface area contributed by atoms with Gasteiger partial charge in [0.25, 0.3) is 0 Å². The van der Waals surface area contributed by atoms with E-state index in [4.69, 9.17) is 4.74 Å². The highest BCUT2D eigenvalue weighted by Gasteiger charge is 2.42. The van der Waals surface area contributed by atoms with Crippen molar-refractivity contribution in [2.24, 2.45) is 29.6 Å². The third-order valence-corrected chi connectivity index (χ3v) is 11.7. The van der Waals surface area contributed by atoms with Crippen LogP contribution in [0.4, 0.5) is 0 Å². The standard InChI is InChI=1S/C41H69N5O7S/c1-13-26(6)36(45(11)40(50)34(24(2)3)43-39(49)35(25(4)5)44(10)29(9)54)27(7)22-33(47)46-21-17-20-32(46)37(53-12)28(8)38(48)42-31(41(51)52)23-30-18-15-14-16-19-30/h14-16,18-19,24-29,31-32,34-37,54H,13,17,20-23H2,1-12H3,(H,42,48)(H,43,49)(H,51,52)/t26-,27+,28+,29?,31-,32-,34-,35-,36-,37+/m0/s1. The van der Waals surface area contributed by atoms with Crippen molar-refractivity contribution in [3.63, 3.8) is 0 Å². The molecule has 1 aromatic rings. The van der Waals surface area contributed by atoms with Gasteiger partial charge in [-0.25, -0.2) is 4.79 Å². The lowest BCUT2D eigenvalue weighted by molar-refractivity contribution is -0.145. The van der Waals surface area contributed by atoms with Gasteiger partial charge in [-0.2, -0.15) is 12.6 Å². The van der Waals surface area contributed by atoms with Crippen molar-refractivity contribution in [1.82, 2.24) is 25.3 Å². The summed E-state index contributed by atoms with van der Waals surface area (Å²) in [6.45, 7) is 18.1. The lowest BCUT2D eigenvalue weighted by Crippen LogP contribution is -2.59. The molecule has 0 aliphatic carbocycles. The number of likely N-dealkylation sites (tertiary alicyclic amines) is 1. The number of hydrogen-bond donors (Lipinski definition) is 4. The van der Waals surface area contributed by atoms with Crippen LogP contribution in [0.5, 0.6) is 0 Å². The Kier molecular flexibility index (Phi) is 19.0. The van der Waals surface area contributed by atoms with Crippen LogP contribution in [-0.4, -0.2) is 119 Å². The molecule has 306 valence electrons. The molecule has 2 rings (SSSR count). The van der Waals surface area contributed by atoms with Crippen LogP contribution in [0.25, 0.3) is 0 Å². The summed E-state index contributed by atoms with van der Waals surface area (Å²) < 4.78 is 5.88. The van der Waals surface area contributed by atoms with Gasteiger partial charge < -0.3 is 30.3 Å². The minimum atomic E-state index is -1.13. The maximum absolute atomic E-state index is 14.3. The second-order valence-corrected chi connectivity index (χ2v) is 16.8. The normalized spacial score (nSPS) is 19.7. The molecule has 1 aliphatic heterocycles. The highest BCUT2D eigenvalue weighted by molar-refractivity contribution is 7.80. The minimum absolute atomic E-state index is 0.00470. The third kappa shape index (κ3) is 12.4. The van der Waals surface area contributed by atoms with Gasteiger partial charge in [0, 0.05) is 39.6 Å². The van der Waals surface area contributed by atoms with E-state index in [1.54, 1.807) is 23.8 Å². The summed E-state index contributed by atoms with van der Waals surface area (Å²) in [7, 11) is 5.14. The zero-order valence-corrected chi connectivity index (χ0v) is 35.6. The molecule has 12 nitrogen and oxygen atoms in total. The number of carbonyl (C=O) groups is 5. The molecule has 54 heavy (non-hydrogen) atoms. The van der Waals surface area contributed by atoms with Crippen molar-refractivity contribution in [3.05, 3.63) is 35.9 Å². The molecule has 4 amide bonds. The monoisotopic (exact) mass is 775 g/mol. The zero-order valence-electron chi connectivity index (χ0n) is 34.7. The molecule has 10 atom stereocenters. The summed E-state index contributed by atoms with van der Waals surface area (Å²) >= 11 is 4.54. The van der Waals surface area contributed by atoms with E-state index in [9.17, 15) is 29.1 Å². The van der Waals surface area contributed by atoms with Gasteiger partial charge in [0.1, 0.15) is 12.1 Å². The van der Waals surface area contributed by atoms with E-state index >= 15 is 0 Å². The van der Waals surface area contributed by atoms with Crippen molar-refractivity contribution in [1.29, 1.82) is 0 Å². The maximum Gasteiger partial charge on any atom is 0.326 e. The van der Waals surface area contributed by atoms with Crippen LogP contribution < -0.4 is 10.6 Å². The van der Waals surface area contributed by atoms with Crippen molar-refractivity contribution >= 4 is 42.2 Å². The van der Waals surface area contributed by atoms with E-state index in [0.29, 0.717) is 13.0 Å². The van der Waals surface area contributed by atoms with E-state index in [1.165, 1.54) is 7.11 Å². The van der Waals surface area contributed by atoms with Gasteiger partial charge in [0.05, 0.1) is 29.5 Å². The minimum Gasteiger partial charge on any atom is -0.480 e. The molecule has 0 spiro atoms. The number of nitrogens with one attached hydrogen (secondary N) is 2. The molecule has 0 bridgehead atoms. The molecule has 13 heteroatoms. The molecule has 1 heterocycles. The number of nitrogens with zero attached hydrogens (tertiary/aromatic N) is 3. The number of likely N-dealkylation sites (N-methyl/N-ethyl adjacent to an activating group) is 2. The Morgan fingerprint density at radius 2 is 1.54 bits per heavy atom. The summed E-state index contributed by atoms with van der Waals surface area (Å²) in [5.41, 5.74) is 0.793. The van der Waals surface area contributed by atoms with Crippen LogP contribution in [0, 0.1) is 29.6 Å². The molecule has 1 aliphatic rings. The number of carbonyl (C=O) groups excluding carboxylic acids is 4. The van der Waals surface area contributed by atoms with Crippen molar-refractivity contribution in [2.45, 2.75) is 136 Å². The Labute approximate surface area is 329 Å². The molecule has 0 aromatic heterocycles. The fourth-order valence-corrected chi connectivity index (χ4v) is 8.17. The number of amides is 4. The van der Waals surface area contributed by atoms with Crippen LogP contribution >= 0.6 is 12.6 Å². The number of hydrogen-bond acceptors (Lipinski definition) is 8. The second kappa shape index (κ2) is 21.8. The highest BCUT2D eigenvalue weighted by Crippen LogP contribution is 2.31. The lowest BCUT2D eigenvalue weighted by Gasteiger charge is -2.41. The van der Waals surface area contributed by atoms with Crippen molar-refractivity contribution in [3.8, 4) is 0 Å². The van der Waals surface area contributed by atoms with Gasteiger partial charge >= 0.3 is 5.97 Å². The van der Waals surface area contributed by atoms with Crippen LogP contribution in [0.2, 0.25) is 0 Å². The molecule has 3 N–H and O–H groups in total. The first-order valence-corrected chi connectivity index (χ1v) is 20.2. The van der Waals surface area contributed by atoms with Gasteiger partial charge in [-0.3, -0.25) is 24.1 Å². The van der Waals surface area contributed by atoms with Gasteiger partial charge in [0.2, 0.25) is 23.6 Å². The van der Waals surface area contributed by atoms with E-state index in [-0.39, 0.29) is 71.7 Å². The Bertz CT molecular complexity index is 1380. The quantitative estimate of drug-likeness (QED) is 0.104. The van der Waals surface area contributed by atoms with Crippen LogP contribution in [0.1, 0.15) is 93.6 Å². The number of methoxy groups -OCH3 is 1. The number of benzene rings is 1. The molecular weight excluding hydrogens is 707 g/mol. The van der Waals surface area contributed by atoms with Crippen molar-refractivity contribution < 1.29 is 33.8 Å². The van der Waals surface area contributed by atoms with Crippen LogP contribution in [-0.2, 0) is 35.1 Å². The van der Waals surface area contributed by atoms with Gasteiger partial charge in [-0.05, 0) is 56.0 Å². The van der Waals surface area contributed by atoms with Crippen LogP contribution in [0.3, 0.4) is 0 Å². The molecule has 0 saturated carbocycles. The number of thiol groups is 1. The summed E-state index contributed by atoms with van der Waals surface area (Å²) in [6.07, 6.45) is 1.84. The summed E-state index contributed by atoms with van der Waals surface area (Å²) in [5.74, 6) is -3.15. The number of aliphatic carboxylic acids is 1. The summed E-state index contributed by atoms with van der Waals surface area (Å²) in [5, 5.41) is 15.5. The summed E-state index contributed by atoms with van der Waals surface area (Å²) in [6, 6.07) is 6.14. The van der Waals surface area contributed by atoms with E-state index < -0.39 is 42.0 Å². The fourth-order valence-electron chi connectivity index (χ4n) is 8.03. The predicted octanol–water partition coefficient (Wildman–Crippen LogP) is 4.71. The smallest absolute Gasteiger partial charge is 0.326 e. The van der Waals surface area contributed by atoms with E-state index in [2.05, 4.69) is 37.1 Å². The zero-order chi connectivity index (χ0) is 41.0. The average Bonchev–Trinajstić information content (AvgIpc) is 3.60. The van der Waals surface area contributed by atoms with Gasteiger partial charge in [-0.1, -0.05) is 92.1 Å². The first-order chi connectivity index (χ1) is 25.3. The van der Waals surface area contributed by atoms with Gasteiger partial charge in [0.15, 0.2) is 0 Å². The molecular formula is C41H69N5O7S. The Hall–Kier alpha value is -3.16. The molecule has 1 unspecified atom stereocenters. The van der Waals surface area contributed by atoms with E-state index in [0.717, 1.165) is 18.4 Å². The SMILES string of the molecule is CC[C@H](C)[C@@H]([C@H](C)CC(=O)N1CCC[C@H]1[C@H](OC)[C@@H](C)C(=O)N[C@@H](Cc1ccccc1)C(=O)O)N(C)C(=O)[C@@H](NC(=O)[C@H](C(C)C)N(C)C(C)S)C(C)C. The molecule has 1 saturated heterocycles.